The molecule has 1 amide bonds. The molecular weight excluding hydrogens is 270 g/mol. The minimum absolute atomic E-state index is 0.0817. The fourth-order valence-corrected chi connectivity index (χ4v) is 1.99. The van der Waals surface area contributed by atoms with Gasteiger partial charge in [0.2, 0.25) is 0 Å². The molecule has 1 aromatic carbocycles. The molecule has 0 radical (unpaired) electrons. The Bertz CT molecular complexity index is 633. The van der Waals surface area contributed by atoms with Crippen LogP contribution in [-0.4, -0.2) is 23.5 Å². The zero-order valence-electron chi connectivity index (χ0n) is 11.9. The summed E-state index contributed by atoms with van der Waals surface area (Å²) in [6.07, 6.45) is 1.42. The highest BCUT2D eigenvalue weighted by Gasteiger charge is 2.24. The van der Waals surface area contributed by atoms with Gasteiger partial charge in [0, 0.05) is 12.2 Å². The van der Waals surface area contributed by atoms with Crippen LogP contribution in [0.25, 0.3) is 0 Å². The Morgan fingerprint density at radius 2 is 2.05 bits per heavy atom. The summed E-state index contributed by atoms with van der Waals surface area (Å²) in [6.45, 7) is 3.57. The van der Waals surface area contributed by atoms with Crippen LogP contribution in [0, 0.1) is 12.8 Å². The maximum Gasteiger partial charge on any atom is 0.308 e. The number of furan rings is 1. The van der Waals surface area contributed by atoms with Crippen molar-refractivity contribution in [1.82, 2.24) is 0 Å². The van der Waals surface area contributed by atoms with E-state index in [1.807, 2.05) is 25.1 Å². The monoisotopic (exact) mass is 287 g/mol. The summed E-state index contributed by atoms with van der Waals surface area (Å²) in [6, 6.07) is 10.6. The summed E-state index contributed by atoms with van der Waals surface area (Å²) in [7, 11) is 0. The van der Waals surface area contributed by atoms with Gasteiger partial charge in [0.15, 0.2) is 5.76 Å². The summed E-state index contributed by atoms with van der Waals surface area (Å²) in [4.78, 5) is 25.0. The standard InChI is InChI=1S/C16H17NO4/c1-11-5-3-6-13(9-11)17(10-12(2)16(19)20)15(18)14-7-4-8-21-14/h3-9,12H,10H2,1-2H3,(H,19,20). The second-order valence-electron chi connectivity index (χ2n) is 4.97. The average Bonchev–Trinajstić information content (AvgIpc) is 2.97. The van der Waals surface area contributed by atoms with Crippen LogP contribution in [0.2, 0.25) is 0 Å². The first-order chi connectivity index (χ1) is 9.99. The molecule has 5 heteroatoms. The molecule has 1 N–H and O–H groups in total. The van der Waals surface area contributed by atoms with Crippen LogP contribution in [0.4, 0.5) is 5.69 Å². The van der Waals surface area contributed by atoms with Gasteiger partial charge < -0.3 is 14.4 Å². The Morgan fingerprint density at radius 1 is 1.29 bits per heavy atom. The molecule has 0 saturated carbocycles. The number of hydrogen-bond donors (Lipinski definition) is 1. The number of rotatable bonds is 5. The first kappa shape index (κ1) is 14.8. The lowest BCUT2D eigenvalue weighted by Gasteiger charge is -2.24. The normalized spacial score (nSPS) is 11.9. The molecule has 1 aromatic heterocycles. The third kappa shape index (κ3) is 3.51. The Hall–Kier alpha value is -2.56. The van der Waals surface area contributed by atoms with E-state index in [4.69, 9.17) is 9.52 Å². The Kier molecular flexibility index (Phi) is 4.42. The largest absolute Gasteiger partial charge is 0.481 e. The maximum atomic E-state index is 12.5. The summed E-state index contributed by atoms with van der Waals surface area (Å²) >= 11 is 0. The fraction of sp³-hybridized carbons (Fsp3) is 0.250. The highest BCUT2D eigenvalue weighted by Crippen LogP contribution is 2.20. The van der Waals surface area contributed by atoms with Crippen LogP contribution in [0.3, 0.4) is 0 Å². The molecule has 0 bridgehead atoms. The van der Waals surface area contributed by atoms with E-state index in [9.17, 15) is 9.59 Å². The summed E-state index contributed by atoms with van der Waals surface area (Å²) in [5.74, 6) is -1.78. The van der Waals surface area contributed by atoms with E-state index in [-0.39, 0.29) is 18.2 Å². The first-order valence-electron chi connectivity index (χ1n) is 6.64. The molecule has 2 rings (SSSR count). The average molecular weight is 287 g/mol. The molecule has 0 spiro atoms. The van der Waals surface area contributed by atoms with Crippen molar-refractivity contribution in [1.29, 1.82) is 0 Å². The SMILES string of the molecule is Cc1cccc(N(CC(C)C(=O)O)C(=O)c2ccco2)c1. The number of hydrogen-bond acceptors (Lipinski definition) is 3. The molecule has 0 fully saturated rings. The zero-order chi connectivity index (χ0) is 15.4. The van der Waals surface area contributed by atoms with Crippen LogP contribution < -0.4 is 4.90 Å². The van der Waals surface area contributed by atoms with Crippen molar-refractivity contribution >= 4 is 17.6 Å². The molecular formula is C16H17NO4. The van der Waals surface area contributed by atoms with Gasteiger partial charge in [-0.25, -0.2) is 0 Å². The molecule has 2 aromatic rings. The van der Waals surface area contributed by atoms with E-state index in [1.165, 1.54) is 11.2 Å². The van der Waals surface area contributed by atoms with E-state index < -0.39 is 11.9 Å². The second-order valence-corrected chi connectivity index (χ2v) is 4.97. The van der Waals surface area contributed by atoms with E-state index in [2.05, 4.69) is 0 Å². The Labute approximate surface area is 122 Å². The van der Waals surface area contributed by atoms with Crippen molar-refractivity contribution in [2.24, 2.45) is 5.92 Å². The molecule has 21 heavy (non-hydrogen) atoms. The van der Waals surface area contributed by atoms with E-state index >= 15 is 0 Å². The van der Waals surface area contributed by atoms with E-state index in [1.54, 1.807) is 25.1 Å². The number of carboxylic acids is 1. The molecule has 1 atom stereocenters. The van der Waals surface area contributed by atoms with Gasteiger partial charge in [-0.15, -0.1) is 0 Å². The molecule has 0 aliphatic carbocycles. The van der Waals surface area contributed by atoms with Crippen molar-refractivity contribution in [3.05, 3.63) is 54.0 Å². The van der Waals surface area contributed by atoms with Gasteiger partial charge in [0.05, 0.1) is 12.2 Å². The number of amides is 1. The van der Waals surface area contributed by atoms with Crippen molar-refractivity contribution in [3.63, 3.8) is 0 Å². The Morgan fingerprint density at radius 3 is 2.62 bits per heavy atom. The van der Waals surface area contributed by atoms with Gasteiger partial charge in [-0.3, -0.25) is 9.59 Å². The highest BCUT2D eigenvalue weighted by molar-refractivity contribution is 6.04. The topological polar surface area (TPSA) is 70.8 Å². The lowest BCUT2D eigenvalue weighted by molar-refractivity contribution is -0.140. The third-order valence-electron chi connectivity index (χ3n) is 3.17. The number of aryl methyl sites for hydroxylation is 1. The first-order valence-corrected chi connectivity index (χ1v) is 6.64. The molecule has 0 aliphatic rings. The molecule has 110 valence electrons. The van der Waals surface area contributed by atoms with E-state index in [0.717, 1.165) is 5.56 Å². The summed E-state index contributed by atoms with van der Waals surface area (Å²) in [5, 5.41) is 9.08. The van der Waals surface area contributed by atoms with Crippen LogP contribution in [-0.2, 0) is 4.79 Å². The molecule has 1 unspecified atom stereocenters. The number of benzene rings is 1. The number of carbonyl (C=O) groups excluding carboxylic acids is 1. The second kappa shape index (κ2) is 6.26. The summed E-state index contributed by atoms with van der Waals surface area (Å²) < 4.78 is 5.13. The minimum Gasteiger partial charge on any atom is -0.481 e. The Balaban J connectivity index is 2.34. The third-order valence-corrected chi connectivity index (χ3v) is 3.17. The smallest absolute Gasteiger partial charge is 0.308 e. The van der Waals surface area contributed by atoms with Gasteiger partial charge in [-0.1, -0.05) is 19.1 Å². The van der Waals surface area contributed by atoms with Crippen molar-refractivity contribution < 1.29 is 19.1 Å². The van der Waals surface area contributed by atoms with Gasteiger partial charge >= 0.3 is 5.97 Å². The molecule has 0 saturated heterocycles. The molecule has 0 aliphatic heterocycles. The van der Waals surface area contributed by atoms with Crippen LogP contribution in [0.5, 0.6) is 0 Å². The number of nitrogens with zero attached hydrogens (tertiary/aromatic N) is 1. The predicted octanol–water partition coefficient (Wildman–Crippen LogP) is 2.96. The maximum absolute atomic E-state index is 12.5. The molecule has 1 heterocycles. The summed E-state index contributed by atoms with van der Waals surface area (Å²) in [5.41, 5.74) is 1.65. The number of carboxylic acid groups (broad SMARTS) is 1. The number of aliphatic carboxylic acids is 1. The number of anilines is 1. The van der Waals surface area contributed by atoms with E-state index in [0.29, 0.717) is 5.69 Å². The van der Waals surface area contributed by atoms with Crippen LogP contribution >= 0.6 is 0 Å². The lowest BCUT2D eigenvalue weighted by atomic mass is 10.1. The minimum atomic E-state index is -0.945. The van der Waals surface area contributed by atoms with Gasteiger partial charge in [0.1, 0.15) is 0 Å². The zero-order valence-corrected chi connectivity index (χ0v) is 11.9. The van der Waals surface area contributed by atoms with Gasteiger partial charge in [0.25, 0.3) is 5.91 Å². The van der Waals surface area contributed by atoms with Crippen molar-refractivity contribution in [2.45, 2.75) is 13.8 Å². The predicted molar refractivity (Wildman–Crippen MR) is 78.4 cm³/mol. The van der Waals surface area contributed by atoms with Gasteiger partial charge in [-0.2, -0.15) is 0 Å². The molecule has 5 nitrogen and oxygen atoms in total. The van der Waals surface area contributed by atoms with Crippen molar-refractivity contribution in [2.75, 3.05) is 11.4 Å². The number of carbonyl (C=O) groups is 2. The van der Waals surface area contributed by atoms with Crippen LogP contribution in [0.15, 0.2) is 47.1 Å². The quantitative estimate of drug-likeness (QED) is 0.917. The highest BCUT2D eigenvalue weighted by atomic mass is 16.4. The lowest BCUT2D eigenvalue weighted by Crippen LogP contribution is -2.36. The van der Waals surface area contributed by atoms with Crippen molar-refractivity contribution in [3.8, 4) is 0 Å². The van der Waals surface area contributed by atoms with Gasteiger partial charge in [-0.05, 0) is 36.8 Å². The van der Waals surface area contributed by atoms with Crippen LogP contribution in [0.1, 0.15) is 23.0 Å². The fourth-order valence-electron chi connectivity index (χ4n) is 1.99.